The molecule has 248 valence electrons. The van der Waals surface area contributed by atoms with Crippen molar-refractivity contribution in [3.8, 4) is 11.5 Å². The van der Waals surface area contributed by atoms with Crippen molar-refractivity contribution in [1.82, 2.24) is 15.5 Å². The zero-order valence-electron chi connectivity index (χ0n) is 25.8. The molecular formula is C29H33F3N6O7S. The molecule has 0 bridgehead atoms. The van der Waals surface area contributed by atoms with Crippen LogP contribution >= 0.6 is 0 Å². The lowest BCUT2D eigenvalue weighted by molar-refractivity contribution is -0.123. The van der Waals surface area contributed by atoms with Gasteiger partial charge in [-0.05, 0) is 52.3 Å². The standard InChI is InChI=1S/C29H33F3N6O7S/c1-27(2,3)45-26(40)34-20-13-29(31,32)18-12-19(30)17(23-35-36-25(44-23)28(4,5)46(6,42)43)11-21(18)38(24(20)39)14-15-7-9-16(10-8-15)22(33)37-41/h7-12,20,41H,13-14H2,1-6H3,(H2,33,37)(H,34,40). The van der Waals surface area contributed by atoms with E-state index in [2.05, 4.69) is 20.7 Å². The first-order valence-electron chi connectivity index (χ1n) is 13.8. The fourth-order valence-corrected chi connectivity index (χ4v) is 4.88. The number of amidine groups is 1. The first kappa shape index (κ1) is 34.2. The van der Waals surface area contributed by atoms with Gasteiger partial charge >= 0.3 is 6.09 Å². The van der Waals surface area contributed by atoms with Gasteiger partial charge in [-0.25, -0.2) is 26.4 Å². The molecule has 0 aliphatic carbocycles. The normalized spacial score (nSPS) is 17.3. The van der Waals surface area contributed by atoms with Crippen LogP contribution in [0.1, 0.15) is 63.6 Å². The van der Waals surface area contributed by atoms with E-state index in [0.29, 0.717) is 17.2 Å². The third-order valence-corrected chi connectivity index (χ3v) is 9.31. The molecule has 3 aromatic rings. The second kappa shape index (κ2) is 11.9. The van der Waals surface area contributed by atoms with Crippen molar-refractivity contribution in [2.45, 2.75) is 69.9 Å². The van der Waals surface area contributed by atoms with Crippen molar-refractivity contribution in [2.75, 3.05) is 11.2 Å². The molecule has 2 amide bonds. The van der Waals surface area contributed by atoms with E-state index >= 15 is 13.2 Å². The zero-order valence-corrected chi connectivity index (χ0v) is 26.6. The SMILES string of the molecule is CC(C)(C)OC(=O)NC1CC(F)(F)c2cc(F)c(-c3nnc(C(C)(C)S(C)(=O)=O)o3)cc2N(Cc2ccc(/C(N)=N/O)cc2)C1=O. The van der Waals surface area contributed by atoms with Gasteiger partial charge < -0.3 is 30.3 Å². The summed E-state index contributed by atoms with van der Waals surface area (Å²) in [7, 11) is -3.77. The zero-order chi connectivity index (χ0) is 34.4. The minimum absolute atomic E-state index is 0.192. The fraction of sp³-hybridized carbons (Fsp3) is 0.414. The van der Waals surface area contributed by atoms with E-state index in [4.69, 9.17) is 20.1 Å². The number of hydrogen-bond donors (Lipinski definition) is 3. The highest BCUT2D eigenvalue weighted by Crippen LogP contribution is 2.45. The number of alkyl halides is 2. The number of nitrogens with zero attached hydrogens (tertiary/aromatic N) is 4. The summed E-state index contributed by atoms with van der Waals surface area (Å²) in [4.78, 5) is 27.5. The molecule has 0 spiro atoms. The number of nitrogens with two attached hydrogens (primary N) is 1. The van der Waals surface area contributed by atoms with Crippen LogP contribution in [0, 0.1) is 5.82 Å². The van der Waals surface area contributed by atoms with E-state index < -0.39 is 79.1 Å². The Kier molecular flexibility index (Phi) is 8.87. The third-order valence-electron chi connectivity index (χ3n) is 7.28. The maximum absolute atomic E-state index is 15.9. The summed E-state index contributed by atoms with van der Waals surface area (Å²) < 4.78 is 80.9. The molecule has 0 fully saturated rings. The van der Waals surface area contributed by atoms with Crippen LogP contribution in [-0.4, -0.2) is 59.6 Å². The van der Waals surface area contributed by atoms with Crippen LogP contribution in [0.5, 0.6) is 0 Å². The first-order valence-corrected chi connectivity index (χ1v) is 15.7. The second-order valence-electron chi connectivity index (χ2n) is 12.3. The number of nitrogens with one attached hydrogen (secondary N) is 1. The van der Waals surface area contributed by atoms with Crippen LogP contribution in [0.15, 0.2) is 46.0 Å². The Bertz CT molecular complexity index is 1800. The minimum Gasteiger partial charge on any atom is -0.444 e. The molecule has 1 unspecified atom stereocenters. The molecule has 4 rings (SSSR count). The van der Waals surface area contributed by atoms with Gasteiger partial charge in [0.15, 0.2) is 15.7 Å². The molecule has 1 aromatic heterocycles. The van der Waals surface area contributed by atoms with E-state index in [1.807, 2.05) is 0 Å². The van der Waals surface area contributed by atoms with Crippen molar-refractivity contribution in [2.24, 2.45) is 10.9 Å². The van der Waals surface area contributed by atoms with Crippen molar-refractivity contribution in [3.63, 3.8) is 0 Å². The summed E-state index contributed by atoms with van der Waals surface area (Å²) >= 11 is 0. The lowest BCUT2D eigenvalue weighted by Gasteiger charge is -2.27. The van der Waals surface area contributed by atoms with Crippen LogP contribution in [0.2, 0.25) is 0 Å². The van der Waals surface area contributed by atoms with Gasteiger partial charge in [0, 0.05) is 23.8 Å². The van der Waals surface area contributed by atoms with Crippen LogP contribution in [0.25, 0.3) is 11.5 Å². The average molecular weight is 667 g/mol. The molecule has 2 aromatic carbocycles. The molecular weight excluding hydrogens is 633 g/mol. The summed E-state index contributed by atoms with van der Waals surface area (Å²) in [6.07, 6.45) is -1.39. The van der Waals surface area contributed by atoms with Gasteiger partial charge in [-0.15, -0.1) is 10.2 Å². The van der Waals surface area contributed by atoms with E-state index in [1.165, 1.54) is 38.1 Å². The second-order valence-corrected chi connectivity index (χ2v) is 14.8. The van der Waals surface area contributed by atoms with Crippen LogP contribution in [0.3, 0.4) is 0 Å². The summed E-state index contributed by atoms with van der Waals surface area (Å²) in [6, 6.07) is 5.61. The van der Waals surface area contributed by atoms with E-state index in [0.717, 1.165) is 17.2 Å². The van der Waals surface area contributed by atoms with Gasteiger partial charge in [0.05, 0.1) is 17.8 Å². The van der Waals surface area contributed by atoms with Crippen LogP contribution in [-0.2, 0) is 36.6 Å². The van der Waals surface area contributed by atoms with Gasteiger partial charge in [-0.2, -0.15) is 0 Å². The molecule has 1 aliphatic rings. The Hall–Kier alpha value is -4.67. The van der Waals surface area contributed by atoms with Gasteiger partial charge in [0.25, 0.3) is 11.8 Å². The van der Waals surface area contributed by atoms with Gasteiger partial charge in [0.1, 0.15) is 22.2 Å². The molecule has 17 heteroatoms. The molecule has 4 N–H and O–H groups in total. The highest BCUT2D eigenvalue weighted by molar-refractivity contribution is 7.91. The van der Waals surface area contributed by atoms with Crippen molar-refractivity contribution in [3.05, 3.63) is 64.8 Å². The summed E-state index contributed by atoms with van der Waals surface area (Å²) in [5.74, 6) is -7.09. The van der Waals surface area contributed by atoms with Crippen molar-refractivity contribution >= 4 is 33.4 Å². The number of carbonyl (C=O) groups excluding carboxylic acids is 2. The maximum Gasteiger partial charge on any atom is 0.408 e. The number of aromatic nitrogens is 2. The first-order chi connectivity index (χ1) is 21.1. The quantitative estimate of drug-likeness (QED) is 0.143. The summed E-state index contributed by atoms with van der Waals surface area (Å²) in [5.41, 5.74) is 3.59. The Morgan fingerprint density at radius 2 is 1.83 bits per heavy atom. The van der Waals surface area contributed by atoms with Gasteiger partial charge in [0.2, 0.25) is 11.8 Å². The fourth-order valence-electron chi connectivity index (χ4n) is 4.48. The van der Waals surface area contributed by atoms with Crippen LogP contribution < -0.4 is 16.0 Å². The molecule has 1 aliphatic heterocycles. The number of rotatable bonds is 7. The topological polar surface area (TPSA) is 190 Å². The molecule has 0 saturated carbocycles. The molecule has 2 heterocycles. The maximum atomic E-state index is 15.9. The Balaban J connectivity index is 1.86. The smallest absolute Gasteiger partial charge is 0.408 e. The molecule has 0 radical (unpaired) electrons. The number of ether oxygens (including phenoxy) is 1. The van der Waals surface area contributed by atoms with Crippen LogP contribution in [0.4, 0.5) is 23.7 Å². The van der Waals surface area contributed by atoms with Crippen molar-refractivity contribution in [1.29, 1.82) is 0 Å². The number of halogens is 3. The third kappa shape index (κ3) is 6.93. The Morgan fingerprint density at radius 1 is 1.20 bits per heavy atom. The molecule has 1 atom stereocenters. The van der Waals surface area contributed by atoms with E-state index in [1.54, 1.807) is 20.8 Å². The largest absolute Gasteiger partial charge is 0.444 e. The van der Waals surface area contributed by atoms with Gasteiger partial charge in [-0.3, -0.25) is 4.79 Å². The number of carbonyl (C=O) groups is 2. The number of benzene rings is 2. The Morgan fingerprint density at radius 3 is 2.39 bits per heavy atom. The summed E-state index contributed by atoms with van der Waals surface area (Å²) in [6.45, 7) is 6.93. The number of fused-ring (bicyclic) bond motifs is 1. The molecule has 0 saturated heterocycles. The lowest BCUT2D eigenvalue weighted by Crippen LogP contribution is -2.49. The van der Waals surface area contributed by atoms with Crippen molar-refractivity contribution < 1.29 is 45.5 Å². The summed E-state index contributed by atoms with van der Waals surface area (Å²) in [5, 5.41) is 21.6. The van der Waals surface area contributed by atoms with E-state index in [9.17, 15) is 18.0 Å². The number of anilines is 1. The number of oxime groups is 1. The lowest BCUT2D eigenvalue weighted by atomic mass is 9.99. The molecule has 46 heavy (non-hydrogen) atoms. The number of sulfone groups is 1. The molecule has 13 nitrogen and oxygen atoms in total. The highest BCUT2D eigenvalue weighted by Gasteiger charge is 2.47. The number of hydrogen-bond acceptors (Lipinski definition) is 10. The number of amides is 2. The predicted octanol–water partition coefficient (Wildman–Crippen LogP) is 4.17. The monoisotopic (exact) mass is 666 g/mol. The van der Waals surface area contributed by atoms with E-state index in [-0.39, 0.29) is 18.3 Å². The number of alkyl carbamates (subject to hydrolysis) is 1. The minimum atomic E-state index is -3.84. The average Bonchev–Trinajstić information content (AvgIpc) is 3.42. The highest BCUT2D eigenvalue weighted by atomic mass is 32.2. The van der Waals surface area contributed by atoms with Gasteiger partial charge in [-0.1, -0.05) is 29.4 Å². The Labute approximate surface area is 262 Å². The predicted molar refractivity (Wildman–Crippen MR) is 159 cm³/mol.